The minimum Gasteiger partial charge on any atom is -0.502 e. The van der Waals surface area contributed by atoms with E-state index in [-0.39, 0.29) is 6.79 Å². The van der Waals surface area contributed by atoms with Crippen molar-refractivity contribution in [2.75, 3.05) is 6.79 Å². The SMILES string of the molecule is [N-]=[NH+]c1ccc2c(c1)OCO2. The highest BCUT2D eigenvalue weighted by Gasteiger charge is 2.13. The van der Waals surface area contributed by atoms with E-state index in [0.717, 1.165) is 0 Å². The van der Waals surface area contributed by atoms with E-state index in [4.69, 9.17) is 15.0 Å². The van der Waals surface area contributed by atoms with E-state index < -0.39 is 0 Å². The lowest BCUT2D eigenvalue weighted by molar-refractivity contribution is -0.379. The van der Waals surface area contributed by atoms with Crippen molar-refractivity contribution in [2.45, 2.75) is 0 Å². The highest BCUT2D eigenvalue weighted by atomic mass is 16.7. The molecular weight excluding hydrogens is 144 g/mol. The highest BCUT2D eigenvalue weighted by molar-refractivity contribution is 5.49. The summed E-state index contributed by atoms with van der Waals surface area (Å²) in [6, 6.07) is 5.11. The third kappa shape index (κ3) is 0.920. The predicted octanol–water partition coefficient (Wildman–Crippen LogP) is 0.149. The third-order valence-electron chi connectivity index (χ3n) is 1.50. The fraction of sp³-hybridized carbons (Fsp3) is 0.143. The summed E-state index contributed by atoms with van der Waals surface area (Å²) in [7, 11) is 0. The van der Waals surface area contributed by atoms with Crippen molar-refractivity contribution in [3.8, 4) is 11.5 Å². The smallest absolute Gasteiger partial charge is 0.231 e. The van der Waals surface area contributed by atoms with Crippen molar-refractivity contribution in [3.05, 3.63) is 23.7 Å². The van der Waals surface area contributed by atoms with Gasteiger partial charge in [0.2, 0.25) is 6.79 Å². The molecule has 0 amide bonds. The van der Waals surface area contributed by atoms with Crippen LogP contribution < -0.4 is 14.6 Å². The van der Waals surface area contributed by atoms with E-state index in [9.17, 15) is 0 Å². The van der Waals surface area contributed by atoms with Gasteiger partial charge in [0, 0.05) is 6.07 Å². The molecule has 2 rings (SSSR count). The number of hydrogen-bond acceptors (Lipinski definition) is 2. The summed E-state index contributed by atoms with van der Waals surface area (Å²) in [4.78, 5) is 0. The molecule has 11 heavy (non-hydrogen) atoms. The molecule has 1 heterocycles. The molecule has 0 radical (unpaired) electrons. The van der Waals surface area contributed by atoms with Crippen LogP contribution in [0.1, 0.15) is 0 Å². The number of hydrogen-bond donors (Lipinski definition) is 1. The first-order chi connectivity index (χ1) is 5.40. The van der Waals surface area contributed by atoms with Gasteiger partial charge in [-0.2, -0.15) is 0 Å². The Balaban J connectivity index is 2.48. The first-order valence-electron chi connectivity index (χ1n) is 3.20. The summed E-state index contributed by atoms with van der Waals surface area (Å²) in [5, 5.41) is 2.02. The van der Waals surface area contributed by atoms with Crippen LogP contribution in [0.3, 0.4) is 0 Å². The molecule has 0 aliphatic carbocycles. The summed E-state index contributed by atoms with van der Waals surface area (Å²) in [5.74, 6) is 1.37. The Labute approximate surface area is 63.3 Å². The van der Waals surface area contributed by atoms with Crippen LogP contribution in [0, 0.1) is 0 Å². The molecule has 0 saturated carbocycles. The molecule has 0 spiro atoms. The van der Waals surface area contributed by atoms with Crippen molar-refractivity contribution in [1.29, 1.82) is 0 Å². The Kier molecular flexibility index (Phi) is 1.25. The molecule has 1 aliphatic heterocycles. The Morgan fingerprint density at radius 3 is 2.91 bits per heavy atom. The van der Waals surface area contributed by atoms with Gasteiger partial charge in [-0.05, 0) is 6.07 Å². The molecule has 4 nitrogen and oxygen atoms in total. The summed E-state index contributed by atoms with van der Waals surface area (Å²) in [6.07, 6.45) is 0. The summed E-state index contributed by atoms with van der Waals surface area (Å²) < 4.78 is 10.1. The largest absolute Gasteiger partial charge is 0.502 e. The molecule has 0 saturated heterocycles. The molecular formula is C7H6N2O2. The lowest BCUT2D eigenvalue weighted by Gasteiger charge is -1.93. The van der Waals surface area contributed by atoms with Gasteiger partial charge in [-0.3, -0.25) is 5.11 Å². The van der Waals surface area contributed by atoms with Gasteiger partial charge >= 0.3 is 0 Å². The van der Waals surface area contributed by atoms with Gasteiger partial charge in [0.05, 0.1) is 6.07 Å². The predicted molar refractivity (Wildman–Crippen MR) is 36.5 cm³/mol. The van der Waals surface area contributed by atoms with E-state index in [0.29, 0.717) is 17.2 Å². The van der Waals surface area contributed by atoms with Gasteiger partial charge in [-0.15, -0.1) is 0 Å². The topological polar surface area (TPSA) is 54.7 Å². The van der Waals surface area contributed by atoms with Crippen molar-refractivity contribution < 1.29 is 14.6 Å². The lowest BCUT2D eigenvalue weighted by atomic mass is 10.3. The summed E-state index contributed by atoms with van der Waals surface area (Å²) in [6.45, 7) is 0.254. The van der Waals surface area contributed by atoms with E-state index in [2.05, 4.69) is 0 Å². The van der Waals surface area contributed by atoms with Crippen molar-refractivity contribution in [3.63, 3.8) is 0 Å². The molecule has 4 heteroatoms. The molecule has 0 fully saturated rings. The molecule has 1 aliphatic rings. The highest BCUT2D eigenvalue weighted by Crippen LogP contribution is 2.32. The third-order valence-corrected chi connectivity index (χ3v) is 1.50. The number of fused-ring (bicyclic) bond motifs is 1. The van der Waals surface area contributed by atoms with E-state index in [1.54, 1.807) is 18.2 Å². The zero-order chi connectivity index (χ0) is 7.68. The summed E-state index contributed by atoms with van der Waals surface area (Å²) in [5.41, 5.74) is 9.11. The Morgan fingerprint density at radius 1 is 1.27 bits per heavy atom. The monoisotopic (exact) mass is 150 g/mol. The fourth-order valence-corrected chi connectivity index (χ4v) is 0.966. The average Bonchev–Trinajstić information content (AvgIpc) is 2.50. The van der Waals surface area contributed by atoms with Crippen molar-refractivity contribution in [1.82, 2.24) is 0 Å². The second-order valence-electron chi connectivity index (χ2n) is 2.18. The lowest BCUT2D eigenvalue weighted by Crippen LogP contribution is -2.54. The number of nitrogens with zero attached hydrogens (tertiary/aromatic N) is 1. The first-order valence-corrected chi connectivity index (χ1v) is 3.20. The van der Waals surface area contributed by atoms with Gasteiger partial charge in [0.1, 0.15) is 0 Å². The molecule has 1 aromatic carbocycles. The van der Waals surface area contributed by atoms with E-state index in [1.807, 2.05) is 5.11 Å². The van der Waals surface area contributed by atoms with Gasteiger partial charge in [-0.25, -0.2) is 0 Å². The maximum atomic E-state index is 8.52. The molecule has 0 aromatic heterocycles. The molecule has 1 aromatic rings. The molecule has 56 valence electrons. The van der Waals surface area contributed by atoms with Crippen LogP contribution in [0.4, 0.5) is 5.69 Å². The minimum atomic E-state index is 0.254. The number of rotatable bonds is 1. The van der Waals surface area contributed by atoms with Crippen LogP contribution in [0.2, 0.25) is 0 Å². The van der Waals surface area contributed by atoms with E-state index >= 15 is 0 Å². The summed E-state index contributed by atoms with van der Waals surface area (Å²) >= 11 is 0. The van der Waals surface area contributed by atoms with Crippen LogP contribution in [0.5, 0.6) is 11.5 Å². The molecule has 0 bridgehead atoms. The molecule has 1 N–H and O–H groups in total. The second-order valence-corrected chi connectivity index (χ2v) is 2.18. The number of benzene rings is 1. The molecule has 0 unspecified atom stereocenters. The van der Waals surface area contributed by atoms with Crippen LogP contribution in [0.25, 0.3) is 5.53 Å². The zero-order valence-corrected chi connectivity index (χ0v) is 5.70. The average molecular weight is 150 g/mol. The number of ether oxygens (including phenoxy) is 2. The van der Waals surface area contributed by atoms with Gasteiger partial charge in [0.15, 0.2) is 17.2 Å². The van der Waals surface area contributed by atoms with Crippen molar-refractivity contribution in [2.24, 2.45) is 0 Å². The Morgan fingerprint density at radius 2 is 2.09 bits per heavy atom. The quantitative estimate of drug-likeness (QED) is 0.579. The van der Waals surface area contributed by atoms with Crippen molar-refractivity contribution >= 4 is 5.69 Å². The van der Waals surface area contributed by atoms with Crippen LogP contribution in [-0.4, -0.2) is 6.79 Å². The van der Waals surface area contributed by atoms with Gasteiger partial charge < -0.3 is 15.0 Å². The first kappa shape index (κ1) is 6.15. The Hall–Kier alpha value is -1.58. The van der Waals surface area contributed by atoms with Crippen LogP contribution in [-0.2, 0) is 0 Å². The Bertz CT molecular complexity index is 298. The molecule has 0 atom stereocenters. The standard InChI is InChI=1S/C7H6N2O2/c8-9-5-1-2-6-7(3-5)11-4-10-6/h1-3,9H,4H2. The number of nitrogens with one attached hydrogen (secondary N) is 1. The fourth-order valence-electron chi connectivity index (χ4n) is 0.966. The zero-order valence-electron chi connectivity index (χ0n) is 5.70. The van der Waals surface area contributed by atoms with Crippen LogP contribution in [0.15, 0.2) is 18.2 Å². The second kappa shape index (κ2) is 2.23. The van der Waals surface area contributed by atoms with E-state index in [1.165, 1.54) is 0 Å². The van der Waals surface area contributed by atoms with Gasteiger partial charge in [0.25, 0.3) is 0 Å². The normalized spacial score (nSPS) is 13.1. The maximum absolute atomic E-state index is 8.52. The maximum Gasteiger partial charge on any atom is 0.231 e. The van der Waals surface area contributed by atoms with Gasteiger partial charge in [-0.1, -0.05) is 0 Å². The van der Waals surface area contributed by atoms with Crippen LogP contribution >= 0.6 is 0 Å². The minimum absolute atomic E-state index is 0.254.